The van der Waals surface area contributed by atoms with E-state index in [0.717, 1.165) is 47.5 Å². The van der Waals surface area contributed by atoms with Gasteiger partial charge in [0.05, 0.1) is 33.3 Å². The Morgan fingerprint density at radius 1 is 0.737 bits per heavy atom. The van der Waals surface area contributed by atoms with Crippen molar-refractivity contribution in [3.63, 3.8) is 0 Å². The van der Waals surface area contributed by atoms with Crippen molar-refractivity contribution in [3.05, 3.63) is 70.3 Å². The van der Waals surface area contributed by atoms with Gasteiger partial charge in [0.15, 0.2) is 0 Å². The lowest BCUT2D eigenvalue weighted by molar-refractivity contribution is -0.914. The van der Waals surface area contributed by atoms with Crippen LogP contribution in [0.25, 0.3) is 5.57 Å². The first-order valence-corrected chi connectivity index (χ1v) is 16.0. The fourth-order valence-electron chi connectivity index (χ4n) is 8.57. The Kier molecular flexibility index (Phi) is 8.19. The van der Waals surface area contributed by atoms with E-state index >= 15 is 0 Å². The highest BCUT2D eigenvalue weighted by Gasteiger charge is 2.46. The van der Waals surface area contributed by atoms with Crippen LogP contribution in [0.4, 0.5) is 0 Å². The van der Waals surface area contributed by atoms with E-state index in [2.05, 4.69) is 55.6 Å². The number of ether oxygens (including phenoxy) is 1. The monoisotopic (exact) mass is 532 g/mol. The molecule has 2 aromatic rings. The summed E-state index contributed by atoms with van der Waals surface area (Å²) >= 11 is 6.29. The second kappa shape index (κ2) is 11.8. The van der Waals surface area contributed by atoms with Gasteiger partial charge in [-0.2, -0.15) is 0 Å². The molecule has 1 heterocycles. The molecule has 0 radical (unpaired) electrons. The lowest BCUT2D eigenvalue weighted by Gasteiger charge is -2.52. The summed E-state index contributed by atoms with van der Waals surface area (Å²) in [4.78, 5) is 0. The Morgan fingerprint density at radius 3 is 1.95 bits per heavy atom. The lowest BCUT2D eigenvalue weighted by atomic mass is 9.53. The highest BCUT2D eigenvalue weighted by molar-refractivity contribution is 6.30. The van der Waals surface area contributed by atoms with Crippen LogP contribution in [0.3, 0.4) is 0 Å². The van der Waals surface area contributed by atoms with Crippen molar-refractivity contribution < 1.29 is 9.22 Å². The Hall–Kier alpha value is -1.77. The molecule has 0 amide bonds. The van der Waals surface area contributed by atoms with E-state index in [9.17, 15) is 0 Å². The molecule has 2 aromatic carbocycles. The summed E-state index contributed by atoms with van der Waals surface area (Å²) in [7, 11) is 2.46. The van der Waals surface area contributed by atoms with Crippen molar-refractivity contribution in [2.45, 2.75) is 77.0 Å². The molecule has 0 N–H and O–H groups in total. The zero-order valence-corrected chi connectivity index (χ0v) is 24.2. The highest BCUT2D eigenvalue weighted by Crippen LogP contribution is 2.58. The number of unbranched alkanes of at least 4 members (excludes halogenated alkanes) is 3. The van der Waals surface area contributed by atoms with Gasteiger partial charge in [-0.1, -0.05) is 41.4 Å². The minimum absolute atomic E-state index is 0.771. The molecule has 0 aromatic heterocycles. The van der Waals surface area contributed by atoms with Crippen molar-refractivity contribution in [2.24, 2.45) is 23.7 Å². The van der Waals surface area contributed by atoms with E-state index < -0.39 is 0 Å². The summed E-state index contributed by atoms with van der Waals surface area (Å²) in [6.45, 7) is 4.95. The zero-order valence-electron chi connectivity index (χ0n) is 23.5. The number of hydrogen-bond acceptors (Lipinski definition) is 1. The number of rotatable bonds is 10. The zero-order chi connectivity index (χ0) is 26.0. The predicted octanol–water partition coefficient (Wildman–Crippen LogP) is 9.17. The van der Waals surface area contributed by atoms with Gasteiger partial charge in [-0.05, 0) is 142 Å². The van der Waals surface area contributed by atoms with Crippen LogP contribution in [0.2, 0.25) is 5.02 Å². The van der Waals surface area contributed by atoms with Gasteiger partial charge < -0.3 is 9.22 Å². The van der Waals surface area contributed by atoms with Gasteiger partial charge in [0.1, 0.15) is 5.75 Å². The molecule has 1 aliphatic heterocycles. The molecule has 2 nitrogen and oxygen atoms in total. The van der Waals surface area contributed by atoms with Crippen LogP contribution in [-0.4, -0.2) is 37.8 Å². The van der Waals surface area contributed by atoms with Crippen LogP contribution >= 0.6 is 11.6 Å². The second-order valence-corrected chi connectivity index (χ2v) is 13.7. The standard InChI is InChI=1S/C35H47ClNO/c1-37(18-6-4-7-19-37)17-5-2-3-8-20-38-33-15-11-29(12-16-33)34(28-9-13-32(36)14-10-28)35-30-22-26-21-27(24-30)25-31(35)23-26/h9-16,26-27,30-31H,2-8,17-25H2,1H3/q+1. The summed E-state index contributed by atoms with van der Waals surface area (Å²) in [5.41, 5.74) is 5.89. The molecule has 5 fully saturated rings. The van der Waals surface area contributed by atoms with Gasteiger partial charge in [-0.3, -0.25) is 0 Å². The fourth-order valence-corrected chi connectivity index (χ4v) is 8.70. The topological polar surface area (TPSA) is 9.23 Å². The van der Waals surface area contributed by atoms with Gasteiger partial charge >= 0.3 is 0 Å². The third-order valence-corrected chi connectivity index (χ3v) is 10.6. The summed E-state index contributed by atoms with van der Waals surface area (Å²) < 4.78 is 7.49. The first-order chi connectivity index (χ1) is 18.6. The predicted molar refractivity (Wildman–Crippen MR) is 160 cm³/mol. The highest BCUT2D eigenvalue weighted by atomic mass is 35.5. The maximum absolute atomic E-state index is 6.29. The van der Waals surface area contributed by atoms with Crippen LogP contribution in [0, 0.1) is 23.7 Å². The summed E-state index contributed by atoms with van der Waals surface area (Å²) in [5, 5.41) is 0.814. The first-order valence-electron chi connectivity index (χ1n) is 15.6. The van der Waals surface area contributed by atoms with Crippen LogP contribution in [0.15, 0.2) is 54.1 Å². The van der Waals surface area contributed by atoms with Gasteiger partial charge in [0, 0.05) is 5.02 Å². The quantitative estimate of drug-likeness (QED) is 0.219. The van der Waals surface area contributed by atoms with Gasteiger partial charge in [-0.25, -0.2) is 0 Å². The smallest absolute Gasteiger partial charge is 0.119 e. The van der Waals surface area contributed by atoms with Gasteiger partial charge in [0.25, 0.3) is 0 Å². The van der Waals surface area contributed by atoms with Crippen LogP contribution < -0.4 is 4.74 Å². The maximum Gasteiger partial charge on any atom is 0.119 e. The molecule has 4 aliphatic carbocycles. The SMILES string of the molecule is C[N+]1(CCCCCCOc2ccc(C(=C3C4CC5CC(C4)CC3C5)c3ccc(Cl)cc3)cc2)CCCCC1. The normalized spacial score (nSPS) is 27.5. The third-order valence-electron chi connectivity index (χ3n) is 10.3. The van der Waals surface area contributed by atoms with Crippen LogP contribution in [0.1, 0.15) is 88.2 Å². The molecular weight excluding hydrogens is 486 g/mol. The largest absolute Gasteiger partial charge is 0.494 e. The molecule has 0 atom stereocenters. The molecule has 0 unspecified atom stereocenters. The molecule has 5 aliphatic rings. The number of halogens is 1. The lowest BCUT2D eigenvalue weighted by Crippen LogP contribution is -2.48. The molecule has 4 bridgehead atoms. The number of nitrogens with zero attached hydrogens (tertiary/aromatic N) is 1. The van der Waals surface area contributed by atoms with Crippen molar-refractivity contribution in [2.75, 3.05) is 33.3 Å². The molecule has 204 valence electrons. The van der Waals surface area contributed by atoms with Gasteiger partial charge in [-0.15, -0.1) is 0 Å². The molecule has 0 spiro atoms. The van der Waals surface area contributed by atoms with E-state index in [1.807, 2.05) is 0 Å². The maximum atomic E-state index is 6.29. The summed E-state index contributed by atoms with van der Waals surface area (Å²) in [6, 6.07) is 17.6. The van der Waals surface area contributed by atoms with Crippen molar-refractivity contribution in [1.82, 2.24) is 0 Å². The van der Waals surface area contributed by atoms with E-state index in [-0.39, 0.29) is 0 Å². The van der Waals surface area contributed by atoms with E-state index in [4.69, 9.17) is 16.3 Å². The summed E-state index contributed by atoms with van der Waals surface area (Å²) in [6.07, 6.45) is 16.5. The van der Waals surface area contributed by atoms with Gasteiger partial charge in [0.2, 0.25) is 0 Å². The number of hydrogen-bond donors (Lipinski definition) is 0. The fraction of sp³-hybridized carbons (Fsp3) is 0.600. The van der Waals surface area contributed by atoms with Crippen molar-refractivity contribution >= 4 is 17.2 Å². The molecule has 3 heteroatoms. The second-order valence-electron chi connectivity index (χ2n) is 13.3. The third kappa shape index (κ3) is 6.02. The molecule has 38 heavy (non-hydrogen) atoms. The Labute approximate surface area is 236 Å². The Balaban J connectivity index is 1.07. The van der Waals surface area contributed by atoms with Crippen molar-refractivity contribution in [1.29, 1.82) is 0 Å². The number of benzene rings is 2. The van der Waals surface area contributed by atoms with Crippen LogP contribution in [0.5, 0.6) is 5.75 Å². The van der Waals surface area contributed by atoms with E-state index in [1.54, 1.807) is 5.57 Å². The van der Waals surface area contributed by atoms with E-state index in [0.29, 0.717) is 0 Å². The summed E-state index contributed by atoms with van der Waals surface area (Å²) in [5.74, 6) is 4.49. The molecule has 7 rings (SSSR count). The average Bonchev–Trinajstić information content (AvgIpc) is 2.91. The molecule has 1 saturated heterocycles. The number of quaternary nitrogens is 1. The Bertz CT molecular complexity index is 1070. The minimum atomic E-state index is 0.771. The minimum Gasteiger partial charge on any atom is -0.494 e. The molecular formula is C35H47ClNO+. The average molecular weight is 533 g/mol. The number of likely N-dealkylation sites (tertiary alicyclic amines) is 1. The first kappa shape index (κ1) is 26.5. The number of piperidine rings is 1. The van der Waals surface area contributed by atoms with Crippen LogP contribution in [-0.2, 0) is 0 Å². The van der Waals surface area contributed by atoms with Crippen molar-refractivity contribution in [3.8, 4) is 5.75 Å². The number of allylic oxidation sites excluding steroid dienone is 1. The Morgan fingerprint density at radius 2 is 1.32 bits per heavy atom. The molecule has 4 saturated carbocycles. The van der Waals surface area contributed by atoms with E-state index in [1.165, 1.54) is 111 Å².